The van der Waals surface area contributed by atoms with Gasteiger partial charge in [-0.3, -0.25) is 0 Å². The summed E-state index contributed by atoms with van der Waals surface area (Å²) in [5.41, 5.74) is 0.572. The van der Waals surface area contributed by atoms with E-state index in [1.807, 2.05) is 0 Å². The molecule has 0 aromatic heterocycles. The van der Waals surface area contributed by atoms with Crippen molar-refractivity contribution >= 4 is 0 Å². The van der Waals surface area contributed by atoms with E-state index in [4.69, 9.17) is 6.42 Å². The molecule has 1 aliphatic rings. The molecule has 1 N–H and O–H groups in total. The summed E-state index contributed by atoms with van der Waals surface area (Å²) in [6.07, 6.45) is 9.97. The first-order valence-electron chi connectivity index (χ1n) is 5.78. The van der Waals surface area contributed by atoms with E-state index in [0.717, 1.165) is 18.9 Å². The van der Waals surface area contributed by atoms with E-state index in [0.29, 0.717) is 11.5 Å². The molecule has 1 nitrogen and oxygen atoms in total. The molecule has 0 spiro atoms. The molecular weight excluding hydrogens is 170 g/mol. The Kier molecular flexibility index (Phi) is 4.01. The predicted molar refractivity (Wildman–Crippen MR) is 62.0 cm³/mol. The van der Waals surface area contributed by atoms with Gasteiger partial charge in [-0.15, -0.1) is 12.3 Å². The first-order chi connectivity index (χ1) is 6.61. The van der Waals surface area contributed by atoms with Crippen LogP contribution in [0.25, 0.3) is 0 Å². The molecule has 14 heavy (non-hydrogen) atoms. The molecule has 1 aliphatic carbocycles. The third-order valence-corrected chi connectivity index (χ3v) is 3.38. The molecule has 2 unspecified atom stereocenters. The first kappa shape index (κ1) is 11.6. The second kappa shape index (κ2) is 4.84. The average Bonchev–Trinajstić information content (AvgIpc) is 2.74. The second-order valence-electron chi connectivity index (χ2n) is 5.06. The Morgan fingerprint density at radius 2 is 2.21 bits per heavy atom. The monoisotopic (exact) mass is 193 g/mol. The molecular formula is C13H23N. The predicted octanol–water partition coefficient (Wildman–Crippen LogP) is 2.81. The Morgan fingerprint density at radius 1 is 1.57 bits per heavy atom. The zero-order valence-corrected chi connectivity index (χ0v) is 9.77. The van der Waals surface area contributed by atoms with E-state index in [1.165, 1.54) is 19.3 Å². The van der Waals surface area contributed by atoms with Gasteiger partial charge in [0.25, 0.3) is 0 Å². The maximum Gasteiger partial charge on any atom is 0.0101 e. The molecule has 1 heteroatoms. The molecule has 0 aromatic carbocycles. The highest BCUT2D eigenvalue weighted by Gasteiger charge is 2.49. The Hall–Kier alpha value is -0.480. The fourth-order valence-electron chi connectivity index (χ4n) is 2.33. The molecule has 0 radical (unpaired) electrons. The number of rotatable bonds is 6. The van der Waals surface area contributed by atoms with Crippen LogP contribution in [0, 0.1) is 23.7 Å². The Morgan fingerprint density at radius 3 is 2.64 bits per heavy atom. The summed E-state index contributed by atoms with van der Waals surface area (Å²) in [6.45, 7) is 7.99. The van der Waals surface area contributed by atoms with Crippen LogP contribution in [0.3, 0.4) is 0 Å². The number of hydrogen-bond donors (Lipinski definition) is 1. The quantitative estimate of drug-likeness (QED) is 0.505. The molecule has 80 valence electrons. The van der Waals surface area contributed by atoms with Gasteiger partial charge in [0.1, 0.15) is 0 Å². The van der Waals surface area contributed by atoms with Crippen LogP contribution in [0.2, 0.25) is 0 Å². The van der Waals surface area contributed by atoms with Crippen molar-refractivity contribution in [2.45, 2.75) is 52.5 Å². The van der Waals surface area contributed by atoms with E-state index in [9.17, 15) is 0 Å². The summed E-state index contributed by atoms with van der Waals surface area (Å²) < 4.78 is 0. The maximum absolute atomic E-state index is 5.26. The minimum absolute atomic E-state index is 0.572. The van der Waals surface area contributed by atoms with E-state index >= 15 is 0 Å². The van der Waals surface area contributed by atoms with Crippen LogP contribution in [-0.4, -0.2) is 12.6 Å². The number of hydrogen-bond acceptors (Lipinski definition) is 1. The van der Waals surface area contributed by atoms with Gasteiger partial charge in [-0.2, -0.15) is 0 Å². The van der Waals surface area contributed by atoms with Gasteiger partial charge in [0.2, 0.25) is 0 Å². The number of nitrogens with one attached hydrogen (secondary N) is 1. The lowest BCUT2D eigenvalue weighted by molar-refractivity contribution is 0.385. The Balaban J connectivity index is 2.30. The standard InChI is InChI=1S/C13H23N/c1-5-7-8-9-12(14-6-2)11-10-13(11,3)4/h1,11-12,14H,6-10H2,2-4H3. The summed E-state index contributed by atoms with van der Waals surface area (Å²) in [4.78, 5) is 0. The van der Waals surface area contributed by atoms with E-state index in [-0.39, 0.29) is 0 Å². The third kappa shape index (κ3) is 3.03. The van der Waals surface area contributed by atoms with Crippen LogP contribution >= 0.6 is 0 Å². The van der Waals surface area contributed by atoms with Crippen molar-refractivity contribution in [2.75, 3.05) is 6.54 Å². The molecule has 0 heterocycles. The number of unbranched alkanes of at least 4 members (excludes halogenated alkanes) is 1. The topological polar surface area (TPSA) is 12.0 Å². The molecule has 1 fully saturated rings. The van der Waals surface area contributed by atoms with Crippen molar-refractivity contribution in [2.24, 2.45) is 11.3 Å². The highest BCUT2D eigenvalue weighted by Crippen LogP contribution is 2.54. The van der Waals surface area contributed by atoms with Crippen LogP contribution in [-0.2, 0) is 0 Å². The van der Waals surface area contributed by atoms with Gasteiger partial charge in [0.05, 0.1) is 0 Å². The van der Waals surface area contributed by atoms with Crippen molar-refractivity contribution in [1.82, 2.24) is 5.32 Å². The largest absolute Gasteiger partial charge is 0.314 e. The summed E-state index contributed by atoms with van der Waals surface area (Å²) in [5.74, 6) is 3.59. The molecule has 1 rings (SSSR count). The second-order valence-corrected chi connectivity index (χ2v) is 5.06. The molecule has 1 saturated carbocycles. The first-order valence-corrected chi connectivity index (χ1v) is 5.78. The van der Waals surface area contributed by atoms with Crippen LogP contribution in [0.4, 0.5) is 0 Å². The fraction of sp³-hybridized carbons (Fsp3) is 0.846. The zero-order chi connectivity index (χ0) is 10.6. The molecule has 0 saturated heterocycles. The van der Waals surface area contributed by atoms with E-state index in [2.05, 4.69) is 32.0 Å². The van der Waals surface area contributed by atoms with Crippen molar-refractivity contribution in [3.8, 4) is 12.3 Å². The Labute approximate surface area is 88.7 Å². The summed E-state index contributed by atoms with van der Waals surface area (Å²) >= 11 is 0. The van der Waals surface area contributed by atoms with Crippen molar-refractivity contribution in [3.63, 3.8) is 0 Å². The van der Waals surface area contributed by atoms with Gasteiger partial charge < -0.3 is 5.32 Å². The highest BCUT2D eigenvalue weighted by atomic mass is 14.9. The lowest BCUT2D eigenvalue weighted by Gasteiger charge is -2.19. The molecule has 0 aromatic rings. The van der Waals surface area contributed by atoms with Gasteiger partial charge in [-0.1, -0.05) is 20.8 Å². The van der Waals surface area contributed by atoms with Crippen molar-refractivity contribution in [3.05, 3.63) is 0 Å². The molecule has 0 aliphatic heterocycles. The lowest BCUT2D eigenvalue weighted by Crippen LogP contribution is -2.32. The third-order valence-electron chi connectivity index (χ3n) is 3.38. The maximum atomic E-state index is 5.26. The smallest absolute Gasteiger partial charge is 0.0101 e. The van der Waals surface area contributed by atoms with Crippen molar-refractivity contribution < 1.29 is 0 Å². The summed E-state index contributed by atoms with van der Waals surface area (Å²) in [6, 6.07) is 0.698. The van der Waals surface area contributed by atoms with E-state index in [1.54, 1.807) is 0 Å². The lowest BCUT2D eigenvalue weighted by atomic mass is 9.99. The van der Waals surface area contributed by atoms with Gasteiger partial charge >= 0.3 is 0 Å². The van der Waals surface area contributed by atoms with Crippen LogP contribution < -0.4 is 5.32 Å². The minimum Gasteiger partial charge on any atom is -0.314 e. The summed E-state index contributed by atoms with van der Waals surface area (Å²) in [5, 5.41) is 3.59. The van der Waals surface area contributed by atoms with Crippen LogP contribution in [0.15, 0.2) is 0 Å². The number of terminal acetylenes is 1. The van der Waals surface area contributed by atoms with E-state index < -0.39 is 0 Å². The van der Waals surface area contributed by atoms with Gasteiger partial charge in [-0.25, -0.2) is 0 Å². The Bertz CT molecular complexity index is 212. The summed E-state index contributed by atoms with van der Waals surface area (Å²) in [7, 11) is 0. The van der Waals surface area contributed by atoms with Gasteiger partial charge in [-0.05, 0) is 37.1 Å². The van der Waals surface area contributed by atoms with Gasteiger partial charge in [0.15, 0.2) is 0 Å². The van der Waals surface area contributed by atoms with Crippen LogP contribution in [0.1, 0.15) is 46.5 Å². The highest BCUT2D eigenvalue weighted by molar-refractivity contribution is 5.01. The molecule has 2 atom stereocenters. The van der Waals surface area contributed by atoms with Gasteiger partial charge in [0, 0.05) is 12.5 Å². The normalized spacial score (nSPS) is 25.4. The molecule has 0 bridgehead atoms. The van der Waals surface area contributed by atoms with Crippen molar-refractivity contribution in [1.29, 1.82) is 0 Å². The SMILES string of the molecule is C#CCCCC(NCC)C1CC1(C)C. The van der Waals surface area contributed by atoms with Crippen LogP contribution in [0.5, 0.6) is 0 Å². The average molecular weight is 193 g/mol. The zero-order valence-electron chi connectivity index (χ0n) is 9.77. The minimum atomic E-state index is 0.572. The fourth-order valence-corrected chi connectivity index (χ4v) is 2.33. The molecule has 0 amide bonds.